The van der Waals surface area contributed by atoms with Crippen LogP contribution in [0.4, 0.5) is 0 Å². The van der Waals surface area contributed by atoms with Crippen molar-refractivity contribution in [3.05, 3.63) is 65.7 Å². The molecule has 2 N–H and O–H groups in total. The molecule has 7 nitrogen and oxygen atoms in total. The number of amides is 2. The van der Waals surface area contributed by atoms with E-state index in [4.69, 9.17) is 9.47 Å². The lowest BCUT2D eigenvalue weighted by Gasteiger charge is -2.10. The van der Waals surface area contributed by atoms with Gasteiger partial charge in [0.15, 0.2) is 0 Å². The molecular weight excluding hydrogens is 358 g/mol. The highest BCUT2D eigenvalue weighted by Crippen LogP contribution is 2.24. The van der Waals surface area contributed by atoms with Gasteiger partial charge in [0, 0.05) is 17.7 Å². The average molecular weight is 381 g/mol. The zero-order valence-corrected chi connectivity index (χ0v) is 16.1. The average Bonchev–Trinajstić information content (AvgIpc) is 2.74. The van der Waals surface area contributed by atoms with E-state index in [1.165, 1.54) is 6.08 Å². The van der Waals surface area contributed by atoms with Crippen LogP contribution >= 0.6 is 0 Å². The molecule has 0 atom stereocenters. The lowest BCUT2D eigenvalue weighted by atomic mass is 10.1. The molecule has 7 heteroatoms. The van der Waals surface area contributed by atoms with Crippen LogP contribution in [-0.4, -0.2) is 38.3 Å². The number of ether oxygens (including phenoxy) is 2. The quantitative estimate of drug-likeness (QED) is 0.417. The highest BCUT2D eigenvalue weighted by molar-refractivity contribution is 6.02. The zero-order valence-electron chi connectivity index (χ0n) is 16.1. The van der Waals surface area contributed by atoms with Crippen molar-refractivity contribution in [1.82, 2.24) is 10.7 Å². The number of carbonyl (C=O) groups excluding carboxylic acids is 2. The first-order valence-electron chi connectivity index (χ1n) is 8.60. The van der Waals surface area contributed by atoms with Crippen LogP contribution in [0.25, 0.3) is 6.08 Å². The van der Waals surface area contributed by atoms with Crippen molar-refractivity contribution >= 4 is 23.6 Å². The molecule has 0 fully saturated rings. The van der Waals surface area contributed by atoms with Crippen LogP contribution in [0.1, 0.15) is 18.1 Å². The van der Waals surface area contributed by atoms with Crippen molar-refractivity contribution in [2.75, 3.05) is 20.8 Å². The Morgan fingerprint density at radius 3 is 2.50 bits per heavy atom. The van der Waals surface area contributed by atoms with Gasteiger partial charge in [0.05, 0.1) is 26.5 Å². The second-order valence-corrected chi connectivity index (χ2v) is 5.76. The van der Waals surface area contributed by atoms with E-state index in [9.17, 15) is 9.59 Å². The molecule has 2 aromatic rings. The second kappa shape index (κ2) is 10.5. The molecule has 0 unspecified atom stereocenters. The number of hydrogen-bond donors (Lipinski definition) is 2. The summed E-state index contributed by atoms with van der Waals surface area (Å²) >= 11 is 0. The van der Waals surface area contributed by atoms with Gasteiger partial charge in [-0.1, -0.05) is 30.3 Å². The Labute approximate surface area is 164 Å². The van der Waals surface area contributed by atoms with Gasteiger partial charge < -0.3 is 14.8 Å². The van der Waals surface area contributed by atoms with Crippen LogP contribution in [0.2, 0.25) is 0 Å². The molecule has 0 aliphatic heterocycles. The molecule has 0 radical (unpaired) electrons. The van der Waals surface area contributed by atoms with Gasteiger partial charge in [-0.2, -0.15) is 5.10 Å². The number of hydrogen-bond acceptors (Lipinski definition) is 5. The Bertz CT molecular complexity index is 876. The summed E-state index contributed by atoms with van der Waals surface area (Å²) in [6.45, 7) is 1.56. The minimum absolute atomic E-state index is 0.186. The van der Waals surface area contributed by atoms with Gasteiger partial charge in [0.1, 0.15) is 11.5 Å². The summed E-state index contributed by atoms with van der Waals surface area (Å²) in [5.41, 5.74) is 4.59. The summed E-state index contributed by atoms with van der Waals surface area (Å²) in [4.78, 5) is 23.7. The largest absolute Gasteiger partial charge is 0.497 e. The van der Waals surface area contributed by atoms with E-state index in [2.05, 4.69) is 15.8 Å². The monoisotopic (exact) mass is 381 g/mol. The van der Waals surface area contributed by atoms with E-state index < -0.39 is 5.91 Å². The third kappa shape index (κ3) is 6.28. The molecule has 0 bridgehead atoms. The molecule has 146 valence electrons. The minimum Gasteiger partial charge on any atom is -0.497 e. The normalized spacial score (nSPS) is 11.2. The number of methoxy groups -OCH3 is 2. The maximum atomic E-state index is 11.9. The van der Waals surface area contributed by atoms with Crippen molar-refractivity contribution in [3.8, 4) is 11.5 Å². The van der Waals surface area contributed by atoms with Crippen LogP contribution in [0.5, 0.6) is 11.5 Å². The molecular formula is C21H23N3O4. The number of hydrazone groups is 1. The first kappa shape index (κ1) is 20.7. The van der Waals surface area contributed by atoms with Gasteiger partial charge >= 0.3 is 0 Å². The van der Waals surface area contributed by atoms with Crippen molar-refractivity contribution in [3.63, 3.8) is 0 Å². The Hall–Kier alpha value is -3.61. The maximum absolute atomic E-state index is 11.9. The number of rotatable bonds is 8. The minimum atomic E-state index is -0.437. The van der Waals surface area contributed by atoms with Crippen LogP contribution in [-0.2, 0) is 9.59 Å². The molecule has 28 heavy (non-hydrogen) atoms. The van der Waals surface area contributed by atoms with Crippen molar-refractivity contribution < 1.29 is 19.1 Å². The van der Waals surface area contributed by atoms with E-state index in [-0.39, 0.29) is 12.5 Å². The third-order valence-electron chi connectivity index (χ3n) is 3.80. The highest BCUT2D eigenvalue weighted by Gasteiger charge is 2.09. The van der Waals surface area contributed by atoms with Gasteiger partial charge in [-0.15, -0.1) is 0 Å². The predicted molar refractivity (Wildman–Crippen MR) is 108 cm³/mol. The van der Waals surface area contributed by atoms with Crippen LogP contribution in [0.3, 0.4) is 0 Å². The smallest absolute Gasteiger partial charge is 0.259 e. The summed E-state index contributed by atoms with van der Waals surface area (Å²) in [5.74, 6) is 0.433. The van der Waals surface area contributed by atoms with Gasteiger partial charge in [-0.05, 0) is 30.7 Å². The van der Waals surface area contributed by atoms with Crippen molar-refractivity contribution in [2.45, 2.75) is 6.92 Å². The van der Waals surface area contributed by atoms with E-state index in [1.54, 1.807) is 45.4 Å². The molecule has 2 amide bonds. The number of nitrogens with zero attached hydrogens (tertiary/aromatic N) is 1. The third-order valence-corrected chi connectivity index (χ3v) is 3.80. The number of benzene rings is 2. The molecule has 0 aliphatic carbocycles. The standard InChI is InChI=1S/C21H23N3O4/c1-15(18-11-10-17(27-2)13-19(18)28-3)23-24-21(26)14-22-20(25)12-9-16-7-5-4-6-8-16/h4-13H,14H2,1-3H3,(H,22,25)(H,24,26)/b12-9-,23-15?. The molecule has 0 heterocycles. The molecule has 0 aliphatic rings. The van der Waals surface area contributed by atoms with Crippen LogP contribution in [0, 0.1) is 0 Å². The lowest BCUT2D eigenvalue weighted by molar-refractivity contribution is -0.123. The SMILES string of the molecule is COc1ccc(C(C)=NNC(=O)CNC(=O)/C=C\c2ccccc2)c(OC)c1. The van der Waals surface area contributed by atoms with Gasteiger partial charge in [0.25, 0.3) is 5.91 Å². The molecule has 2 rings (SSSR count). The predicted octanol–water partition coefficient (Wildman–Crippen LogP) is 2.37. The second-order valence-electron chi connectivity index (χ2n) is 5.76. The molecule has 0 spiro atoms. The number of carbonyl (C=O) groups is 2. The first-order chi connectivity index (χ1) is 13.5. The van der Waals surface area contributed by atoms with Crippen molar-refractivity contribution in [2.24, 2.45) is 5.10 Å². The van der Waals surface area contributed by atoms with Gasteiger partial charge in [-0.3, -0.25) is 9.59 Å². The fraction of sp³-hybridized carbons (Fsp3) is 0.190. The Kier molecular flexibility index (Phi) is 7.77. The van der Waals surface area contributed by atoms with E-state index in [1.807, 2.05) is 30.3 Å². The van der Waals surface area contributed by atoms with Gasteiger partial charge in [-0.25, -0.2) is 5.43 Å². The van der Waals surface area contributed by atoms with Gasteiger partial charge in [0.2, 0.25) is 5.91 Å². The van der Waals surface area contributed by atoms with E-state index in [0.29, 0.717) is 17.2 Å². The fourth-order valence-electron chi connectivity index (χ4n) is 2.31. The summed E-state index contributed by atoms with van der Waals surface area (Å²) in [6, 6.07) is 14.7. The topological polar surface area (TPSA) is 89.0 Å². The first-order valence-corrected chi connectivity index (χ1v) is 8.60. The Balaban J connectivity index is 1.87. The summed E-state index contributed by atoms with van der Waals surface area (Å²) in [6.07, 6.45) is 3.05. The molecule has 0 aromatic heterocycles. The van der Waals surface area contributed by atoms with Crippen LogP contribution < -0.4 is 20.2 Å². The number of nitrogens with one attached hydrogen (secondary N) is 2. The lowest BCUT2D eigenvalue weighted by Crippen LogP contribution is -2.34. The summed E-state index contributed by atoms with van der Waals surface area (Å²) < 4.78 is 10.5. The summed E-state index contributed by atoms with van der Waals surface area (Å²) in [7, 11) is 3.11. The molecule has 0 saturated heterocycles. The highest BCUT2D eigenvalue weighted by atomic mass is 16.5. The summed E-state index contributed by atoms with van der Waals surface area (Å²) in [5, 5.41) is 6.56. The van der Waals surface area contributed by atoms with E-state index in [0.717, 1.165) is 11.1 Å². The Morgan fingerprint density at radius 1 is 1.07 bits per heavy atom. The fourth-order valence-corrected chi connectivity index (χ4v) is 2.31. The molecule has 0 saturated carbocycles. The molecule has 2 aromatic carbocycles. The Morgan fingerprint density at radius 2 is 1.82 bits per heavy atom. The van der Waals surface area contributed by atoms with Crippen LogP contribution in [0.15, 0.2) is 59.7 Å². The maximum Gasteiger partial charge on any atom is 0.259 e. The van der Waals surface area contributed by atoms with E-state index >= 15 is 0 Å². The van der Waals surface area contributed by atoms with Crippen molar-refractivity contribution in [1.29, 1.82) is 0 Å². The zero-order chi connectivity index (χ0) is 20.4.